The summed E-state index contributed by atoms with van der Waals surface area (Å²) in [5.74, 6) is -0.772. The van der Waals surface area contributed by atoms with E-state index in [4.69, 9.17) is 9.47 Å². The minimum absolute atomic E-state index is 0.124. The number of hydrogen-bond acceptors (Lipinski definition) is 6. The fourth-order valence-corrected chi connectivity index (χ4v) is 5.44. The SMILES string of the molecule is C[C@H]1CCCCO[C@H](CN(C)C(=O)c2ccccc2)[C@@H](C)CN([C@@H](C)CO)C(=O)c2cc(NC(=O)Nc3ccc(F)cc3)ccc2O1. The predicted octanol–water partition coefficient (Wildman–Crippen LogP) is 6.04. The number of hydrogen-bond donors (Lipinski definition) is 3. The minimum Gasteiger partial charge on any atom is -0.490 e. The number of urea groups is 1. The standard InChI is InChI=1S/C36H45FN4O6/c1-24-21-41(25(2)23-42)35(44)31-20-30(39-36(45)38-29-15-13-28(37)14-16-29)17-18-32(31)47-26(3)10-8-9-19-46-33(24)22-40(4)34(43)27-11-6-5-7-12-27/h5-7,11-18,20,24-26,33,42H,8-10,19,21-23H2,1-4H3,(H2,38,39,45)/t24-,25-,26-,33+/m0/s1. The Balaban J connectivity index is 1.60. The molecule has 11 heteroatoms. The highest BCUT2D eigenvalue weighted by atomic mass is 19.1. The molecule has 0 bridgehead atoms. The molecule has 47 heavy (non-hydrogen) atoms. The summed E-state index contributed by atoms with van der Waals surface area (Å²) in [7, 11) is 1.74. The summed E-state index contributed by atoms with van der Waals surface area (Å²) in [5, 5.41) is 15.6. The van der Waals surface area contributed by atoms with E-state index in [1.165, 1.54) is 24.3 Å². The Bertz CT molecular complexity index is 1490. The summed E-state index contributed by atoms with van der Waals surface area (Å²) in [5.41, 5.74) is 1.56. The average Bonchev–Trinajstić information content (AvgIpc) is 3.07. The molecule has 0 saturated heterocycles. The first-order valence-corrected chi connectivity index (χ1v) is 16.0. The van der Waals surface area contributed by atoms with Gasteiger partial charge in [0.15, 0.2) is 0 Å². The average molecular weight is 649 g/mol. The smallest absolute Gasteiger partial charge is 0.323 e. The molecule has 4 rings (SSSR count). The number of rotatable bonds is 7. The summed E-state index contributed by atoms with van der Waals surface area (Å²) in [6, 6.07) is 18.2. The number of aliphatic hydroxyl groups excluding tert-OH is 1. The molecule has 0 fully saturated rings. The largest absolute Gasteiger partial charge is 0.490 e. The number of fused-ring (bicyclic) bond motifs is 1. The van der Waals surface area contributed by atoms with Crippen molar-refractivity contribution in [3.8, 4) is 5.75 Å². The van der Waals surface area contributed by atoms with E-state index in [1.807, 2.05) is 32.0 Å². The third kappa shape index (κ3) is 10.0. The molecule has 1 aliphatic rings. The van der Waals surface area contributed by atoms with Crippen LogP contribution in [0.1, 0.15) is 60.7 Å². The second kappa shape index (κ2) is 16.9. The van der Waals surface area contributed by atoms with Gasteiger partial charge < -0.3 is 35.0 Å². The number of carbonyl (C=O) groups is 3. The summed E-state index contributed by atoms with van der Waals surface area (Å²) in [6.45, 7) is 6.43. The lowest BCUT2D eigenvalue weighted by molar-refractivity contribution is -0.0149. The molecule has 0 unspecified atom stereocenters. The second-order valence-corrected chi connectivity index (χ2v) is 12.1. The van der Waals surface area contributed by atoms with Gasteiger partial charge in [-0.05, 0) is 87.7 Å². The molecular weight excluding hydrogens is 603 g/mol. The van der Waals surface area contributed by atoms with E-state index in [1.54, 1.807) is 54.1 Å². The molecule has 252 valence electrons. The van der Waals surface area contributed by atoms with Gasteiger partial charge >= 0.3 is 6.03 Å². The van der Waals surface area contributed by atoms with E-state index in [2.05, 4.69) is 10.6 Å². The number of nitrogens with zero attached hydrogens (tertiary/aromatic N) is 2. The van der Waals surface area contributed by atoms with Crippen LogP contribution in [0.25, 0.3) is 0 Å². The number of anilines is 2. The second-order valence-electron chi connectivity index (χ2n) is 12.1. The number of carbonyl (C=O) groups excluding carboxylic acids is 3. The van der Waals surface area contributed by atoms with Crippen LogP contribution in [-0.2, 0) is 4.74 Å². The molecule has 4 amide bonds. The Labute approximate surface area is 275 Å². The number of ether oxygens (including phenoxy) is 2. The number of amides is 4. The normalized spacial score (nSPS) is 19.8. The van der Waals surface area contributed by atoms with Crippen molar-refractivity contribution in [1.82, 2.24) is 9.80 Å². The van der Waals surface area contributed by atoms with Crippen molar-refractivity contribution in [3.63, 3.8) is 0 Å². The van der Waals surface area contributed by atoms with Crippen LogP contribution in [-0.4, -0.2) is 84.4 Å². The Hall–Kier alpha value is -4.48. The van der Waals surface area contributed by atoms with Gasteiger partial charge in [0, 0.05) is 49.6 Å². The topological polar surface area (TPSA) is 120 Å². The van der Waals surface area contributed by atoms with E-state index in [0.717, 1.165) is 19.3 Å². The molecule has 1 heterocycles. The Morgan fingerprint density at radius 1 is 1.02 bits per heavy atom. The van der Waals surface area contributed by atoms with E-state index in [9.17, 15) is 23.9 Å². The maximum atomic E-state index is 14.3. The van der Waals surface area contributed by atoms with Crippen LogP contribution >= 0.6 is 0 Å². The van der Waals surface area contributed by atoms with E-state index in [-0.39, 0.29) is 48.7 Å². The fourth-order valence-electron chi connectivity index (χ4n) is 5.44. The molecule has 3 N–H and O–H groups in total. The first kappa shape index (κ1) is 35.4. The molecule has 4 atom stereocenters. The monoisotopic (exact) mass is 648 g/mol. The first-order chi connectivity index (χ1) is 22.5. The molecular formula is C36H45FN4O6. The lowest BCUT2D eigenvalue weighted by Gasteiger charge is -2.36. The highest BCUT2D eigenvalue weighted by molar-refractivity contribution is 6.02. The summed E-state index contributed by atoms with van der Waals surface area (Å²) in [6.07, 6.45) is 1.76. The molecule has 0 spiro atoms. The highest BCUT2D eigenvalue weighted by Crippen LogP contribution is 2.29. The maximum absolute atomic E-state index is 14.3. The quantitative estimate of drug-likeness (QED) is 0.288. The number of halogens is 1. The maximum Gasteiger partial charge on any atom is 0.323 e. The van der Waals surface area contributed by atoms with Crippen molar-refractivity contribution in [3.05, 3.63) is 89.7 Å². The summed E-state index contributed by atoms with van der Waals surface area (Å²) in [4.78, 5) is 43.4. The molecule has 0 radical (unpaired) electrons. The third-order valence-corrected chi connectivity index (χ3v) is 8.23. The molecule has 0 aromatic heterocycles. The third-order valence-electron chi connectivity index (χ3n) is 8.23. The van der Waals surface area contributed by atoms with Gasteiger partial charge in [-0.3, -0.25) is 9.59 Å². The van der Waals surface area contributed by atoms with Crippen molar-refractivity contribution < 1.29 is 33.4 Å². The number of nitrogens with one attached hydrogen (secondary N) is 2. The molecule has 0 aliphatic carbocycles. The lowest BCUT2D eigenvalue weighted by Crippen LogP contribution is -2.48. The van der Waals surface area contributed by atoms with Gasteiger partial charge in [-0.15, -0.1) is 0 Å². The number of likely N-dealkylation sites (N-methyl/N-ethyl adjacent to an activating group) is 1. The predicted molar refractivity (Wildman–Crippen MR) is 179 cm³/mol. The van der Waals surface area contributed by atoms with Gasteiger partial charge in [0.25, 0.3) is 11.8 Å². The van der Waals surface area contributed by atoms with Crippen molar-refractivity contribution in [2.24, 2.45) is 5.92 Å². The molecule has 1 aliphatic heterocycles. The lowest BCUT2D eigenvalue weighted by atomic mass is 10.0. The van der Waals surface area contributed by atoms with E-state index in [0.29, 0.717) is 35.8 Å². The van der Waals surface area contributed by atoms with Gasteiger partial charge in [0.1, 0.15) is 11.6 Å². The van der Waals surface area contributed by atoms with Crippen molar-refractivity contribution in [1.29, 1.82) is 0 Å². The van der Waals surface area contributed by atoms with Crippen LogP contribution in [0.5, 0.6) is 5.75 Å². The number of benzene rings is 3. The highest BCUT2D eigenvalue weighted by Gasteiger charge is 2.31. The zero-order valence-corrected chi connectivity index (χ0v) is 27.4. The van der Waals surface area contributed by atoms with E-state index >= 15 is 0 Å². The van der Waals surface area contributed by atoms with Crippen molar-refractivity contribution in [2.45, 2.75) is 58.3 Å². The minimum atomic E-state index is -0.567. The van der Waals surface area contributed by atoms with Crippen LogP contribution in [0.15, 0.2) is 72.8 Å². The molecule has 10 nitrogen and oxygen atoms in total. The van der Waals surface area contributed by atoms with Crippen molar-refractivity contribution >= 4 is 29.2 Å². The first-order valence-electron chi connectivity index (χ1n) is 16.0. The molecule has 3 aromatic carbocycles. The van der Waals surface area contributed by atoms with Crippen LogP contribution in [0.3, 0.4) is 0 Å². The Morgan fingerprint density at radius 3 is 2.40 bits per heavy atom. The van der Waals surface area contributed by atoms with Crippen molar-refractivity contribution in [2.75, 3.05) is 44.0 Å². The van der Waals surface area contributed by atoms with Gasteiger partial charge in [-0.1, -0.05) is 25.1 Å². The summed E-state index contributed by atoms with van der Waals surface area (Å²) < 4.78 is 25.9. The zero-order valence-electron chi connectivity index (χ0n) is 27.4. The summed E-state index contributed by atoms with van der Waals surface area (Å²) >= 11 is 0. The van der Waals surface area contributed by atoms with Gasteiger partial charge in [-0.25, -0.2) is 9.18 Å². The van der Waals surface area contributed by atoms with E-state index < -0.39 is 17.9 Å². The Morgan fingerprint density at radius 2 is 1.70 bits per heavy atom. The van der Waals surface area contributed by atoms with Crippen LogP contribution in [0.2, 0.25) is 0 Å². The number of aliphatic hydroxyl groups is 1. The fraction of sp³-hybridized carbons (Fsp3) is 0.417. The molecule has 0 saturated carbocycles. The van der Waals surface area contributed by atoms with Crippen LogP contribution < -0.4 is 15.4 Å². The Kier molecular flexibility index (Phi) is 12.7. The van der Waals surface area contributed by atoms with Gasteiger partial charge in [0.05, 0.1) is 30.4 Å². The zero-order chi connectivity index (χ0) is 33.9. The van der Waals surface area contributed by atoms with Gasteiger partial charge in [0.2, 0.25) is 0 Å². The van der Waals surface area contributed by atoms with Crippen LogP contribution in [0.4, 0.5) is 20.6 Å². The molecule has 3 aromatic rings. The van der Waals surface area contributed by atoms with Gasteiger partial charge in [-0.2, -0.15) is 0 Å². The van der Waals surface area contributed by atoms with Crippen LogP contribution in [0, 0.1) is 11.7 Å².